The Balaban J connectivity index is 2.05. The predicted octanol–water partition coefficient (Wildman–Crippen LogP) is 0.0302. The average molecular weight is 282 g/mol. The second-order valence-electron chi connectivity index (χ2n) is 5.76. The quantitative estimate of drug-likeness (QED) is 0.294. The number of amides is 2. The molecule has 1 unspecified atom stereocenters. The van der Waals surface area contributed by atoms with E-state index in [9.17, 15) is 9.59 Å². The smallest absolute Gasteiger partial charge is 0.234 e. The highest BCUT2D eigenvalue weighted by Gasteiger charge is 2.46. The molecule has 4 N–H and O–H groups in total. The van der Waals surface area contributed by atoms with Gasteiger partial charge in [0.25, 0.3) is 0 Å². The molecule has 1 atom stereocenters. The zero-order valence-corrected chi connectivity index (χ0v) is 11.8. The molecule has 20 heavy (non-hydrogen) atoms. The van der Waals surface area contributed by atoms with Crippen molar-refractivity contribution in [1.82, 2.24) is 10.2 Å². The molecule has 1 saturated carbocycles. The second kappa shape index (κ2) is 5.68. The van der Waals surface area contributed by atoms with E-state index in [4.69, 9.17) is 10.9 Å². The summed E-state index contributed by atoms with van der Waals surface area (Å²) in [6.45, 7) is 0.511. The lowest BCUT2D eigenvalue weighted by Crippen LogP contribution is -2.55. The Labute approximate surface area is 118 Å². The molecule has 0 aromatic rings. The van der Waals surface area contributed by atoms with Crippen molar-refractivity contribution in [1.29, 1.82) is 0 Å². The van der Waals surface area contributed by atoms with E-state index in [1.807, 2.05) is 0 Å². The van der Waals surface area contributed by atoms with Crippen molar-refractivity contribution in [2.24, 2.45) is 16.3 Å². The number of carbonyl (C=O) groups is 2. The number of piperidine rings is 1. The highest BCUT2D eigenvalue weighted by molar-refractivity contribution is 6.07. The Kier molecular flexibility index (Phi) is 4.15. The van der Waals surface area contributed by atoms with Crippen LogP contribution in [0.1, 0.15) is 38.5 Å². The fourth-order valence-corrected chi connectivity index (χ4v) is 3.13. The standard InChI is InChI=1S/C13H22N4O3/c1-17-8-9(4-5-10(17)18)15-12(19)13(11(14)16-20)6-2-3-7-13/h9,20H,2-8H2,1H3,(H2,14,16)(H,15,19). The van der Waals surface area contributed by atoms with Gasteiger partial charge in [-0.05, 0) is 19.3 Å². The van der Waals surface area contributed by atoms with Crippen molar-refractivity contribution in [2.75, 3.05) is 13.6 Å². The number of nitrogens with zero attached hydrogens (tertiary/aromatic N) is 2. The molecule has 1 aliphatic heterocycles. The maximum atomic E-state index is 12.5. The minimum atomic E-state index is -0.880. The van der Waals surface area contributed by atoms with Crippen LogP contribution >= 0.6 is 0 Å². The molecule has 2 amide bonds. The number of oxime groups is 1. The van der Waals surface area contributed by atoms with Crippen LogP contribution in [0.25, 0.3) is 0 Å². The van der Waals surface area contributed by atoms with Crippen LogP contribution in [-0.4, -0.2) is 47.4 Å². The van der Waals surface area contributed by atoms with Crippen molar-refractivity contribution >= 4 is 17.6 Å². The van der Waals surface area contributed by atoms with Gasteiger partial charge in [-0.25, -0.2) is 0 Å². The maximum Gasteiger partial charge on any atom is 0.234 e. The van der Waals surface area contributed by atoms with Crippen LogP contribution in [0, 0.1) is 5.41 Å². The third kappa shape index (κ3) is 2.57. The minimum absolute atomic E-state index is 0.00672. The number of nitrogens with two attached hydrogens (primary N) is 1. The van der Waals surface area contributed by atoms with Gasteiger partial charge < -0.3 is 21.2 Å². The Bertz CT molecular complexity index is 429. The molecule has 1 aliphatic carbocycles. The number of likely N-dealkylation sites (N-methyl/N-ethyl adjacent to an activating group) is 1. The summed E-state index contributed by atoms with van der Waals surface area (Å²) < 4.78 is 0. The lowest BCUT2D eigenvalue weighted by molar-refractivity contribution is -0.135. The summed E-state index contributed by atoms with van der Waals surface area (Å²) in [6.07, 6.45) is 4.09. The molecule has 0 bridgehead atoms. The number of hydrogen-bond acceptors (Lipinski definition) is 4. The molecule has 1 heterocycles. The van der Waals surface area contributed by atoms with Crippen molar-refractivity contribution in [3.63, 3.8) is 0 Å². The zero-order valence-electron chi connectivity index (χ0n) is 11.8. The summed E-state index contributed by atoms with van der Waals surface area (Å²) >= 11 is 0. The van der Waals surface area contributed by atoms with E-state index >= 15 is 0 Å². The molecule has 0 radical (unpaired) electrons. The zero-order chi connectivity index (χ0) is 14.8. The van der Waals surface area contributed by atoms with Crippen LogP contribution in [0.3, 0.4) is 0 Å². The molecular formula is C13H22N4O3. The fraction of sp³-hybridized carbons (Fsp3) is 0.769. The third-order valence-corrected chi connectivity index (χ3v) is 4.45. The number of hydrogen-bond donors (Lipinski definition) is 3. The number of carbonyl (C=O) groups excluding carboxylic acids is 2. The lowest BCUT2D eigenvalue weighted by Gasteiger charge is -2.33. The van der Waals surface area contributed by atoms with E-state index in [-0.39, 0.29) is 23.7 Å². The van der Waals surface area contributed by atoms with Gasteiger partial charge in [-0.15, -0.1) is 0 Å². The van der Waals surface area contributed by atoms with Gasteiger partial charge in [0.1, 0.15) is 5.41 Å². The normalized spacial score (nSPS) is 26.6. The van der Waals surface area contributed by atoms with E-state index in [1.165, 1.54) is 0 Å². The van der Waals surface area contributed by atoms with Crippen molar-refractivity contribution in [3.8, 4) is 0 Å². The van der Waals surface area contributed by atoms with Gasteiger partial charge in [-0.2, -0.15) is 0 Å². The van der Waals surface area contributed by atoms with E-state index in [2.05, 4.69) is 10.5 Å². The number of nitrogens with one attached hydrogen (secondary N) is 1. The minimum Gasteiger partial charge on any atom is -0.409 e. The Morgan fingerprint density at radius 1 is 1.50 bits per heavy atom. The van der Waals surface area contributed by atoms with Crippen LogP contribution in [0.5, 0.6) is 0 Å². The third-order valence-electron chi connectivity index (χ3n) is 4.45. The molecule has 2 aliphatic rings. The maximum absolute atomic E-state index is 12.5. The van der Waals surface area contributed by atoms with E-state index < -0.39 is 5.41 Å². The predicted molar refractivity (Wildman–Crippen MR) is 73.1 cm³/mol. The molecule has 7 heteroatoms. The first-order valence-corrected chi connectivity index (χ1v) is 7.02. The SMILES string of the molecule is CN1CC(NC(=O)C2(C(N)=NO)CCCC2)CCC1=O. The van der Waals surface area contributed by atoms with Crippen LogP contribution in [-0.2, 0) is 9.59 Å². The summed E-state index contributed by atoms with van der Waals surface area (Å²) in [5.41, 5.74) is 4.86. The van der Waals surface area contributed by atoms with Gasteiger partial charge in [0.15, 0.2) is 5.84 Å². The molecular weight excluding hydrogens is 260 g/mol. The molecule has 0 aromatic carbocycles. The average Bonchev–Trinajstić information content (AvgIpc) is 2.93. The van der Waals surface area contributed by atoms with Crippen molar-refractivity contribution in [3.05, 3.63) is 0 Å². The van der Waals surface area contributed by atoms with Crippen LogP contribution in [0.2, 0.25) is 0 Å². The van der Waals surface area contributed by atoms with Gasteiger partial charge >= 0.3 is 0 Å². The summed E-state index contributed by atoms with van der Waals surface area (Å²) in [7, 11) is 1.73. The van der Waals surface area contributed by atoms with E-state index in [1.54, 1.807) is 11.9 Å². The molecule has 112 valence electrons. The first kappa shape index (κ1) is 14.6. The first-order valence-electron chi connectivity index (χ1n) is 7.02. The first-order chi connectivity index (χ1) is 9.49. The highest BCUT2D eigenvalue weighted by atomic mass is 16.4. The van der Waals surface area contributed by atoms with E-state index in [0.29, 0.717) is 32.2 Å². The van der Waals surface area contributed by atoms with Crippen LogP contribution in [0.4, 0.5) is 0 Å². The summed E-state index contributed by atoms with van der Waals surface area (Å²) in [6, 6.07) is -0.0610. The van der Waals surface area contributed by atoms with Crippen LogP contribution < -0.4 is 11.1 Å². The second-order valence-corrected chi connectivity index (χ2v) is 5.76. The van der Waals surface area contributed by atoms with E-state index in [0.717, 1.165) is 12.8 Å². The molecule has 0 spiro atoms. The van der Waals surface area contributed by atoms with Crippen LogP contribution in [0.15, 0.2) is 5.16 Å². The van der Waals surface area contributed by atoms with Gasteiger partial charge in [0.2, 0.25) is 11.8 Å². The molecule has 7 nitrogen and oxygen atoms in total. The lowest BCUT2D eigenvalue weighted by atomic mass is 9.83. The Morgan fingerprint density at radius 3 is 2.70 bits per heavy atom. The largest absolute Gasteiger partial charge is 0.409 e. The fourth-order valence-electron chi connectivity index (χ4n) is 3.13. The van der Waals surface area contributed by atoms with Gasteiger partial charge in [-0.1, -0.05) is 18.0 Å². The molecule has 2 fully saturated rings. The summed E-state index contributed by atoms with van der Waals surface area (Å²) in [5.74, 6) is -0.0895. The Hall–Kier alpha value is -1.79. The van der Waals surface area contributed by atoms with Gasteiger partial charge in [0.05, 0.1) is 0 Å². The van der Waals surface area contributed by atoms with Gasteiger partial charge in [0, 0.05) is 26.1 Å². The van der Waals surface area contributed by atoms with Crippen molar-refractivity contribution < 1.29 is 14.8 Å². The van der Waals surface area contributed by atoms with Crippen molar-refractivity contribution in [2.45, 2.75) is 44.6 Å². The monoisotopic (exact) mass is 282 g/mol. The Morgan fingerprint density at radius 2 is 2.15 bits per heavy atom. The summed E-state index contributed by atoms with van der Waals surface area (Å²) in [4.78, 5) is 25.6. The number of rotatable bonds is 3. The number of likely N-dealkylation sites (tertiary alicyclic amines) is 1. The molecule has 2 rings (SSSR count). The highest BCUT2D eigenvalue weighted by Crippen LogP contribution is 2.38. The molecule has 1 saturated heterocycles. The topological polar surface area (TPSA) is 108 Å². The number of amidine groups is 1. The van der Waals surface area contributed by atoms with Gasteiger partial charge in [-0.3, -0.25) is 9.59 Å². The molecule has 0 aromatic heterocycles. The summed E-state index contributed by atoms with van der Waals surface area (Å²) in [5, 5.41) is 14.9.